The molecule has 1 aromatic carbocycles. The lowest BCUT2D eigenvalue weighted by Crippen LogP contribution is -2.29. The van der Waals surface area contributed by atoms with E-state index in [2.05, 4.69) is 12.2 Å². The summed E-state index contributed by atoms with van der Waals surface area (Å²) >= 11 is 6.17. The summed E-state index contributed by atoms with van der Waals surface area (Å²) in [5.41, 5.74) is 0.965. The highest BCUT2D eigenvalue weighted by Crippen LogP contribution is 2.28. The van der Waals surface area contributed by atoms with Crippen molar-refractivity contribution in [1.29, 1.82) is 0 Å². The highest BCUT2D eigenvalue weighted by molar-refractivity contribution is 6.32. The largest absolute Gasteiger partial charge is 0.489 e. The fourth-order valence-electron chi connectivity index (χ4n) is 1.52. The smallest absolute Gasteiger partial charge is 0.138 e. The Morgan fingerprint density at radius 3 is 2.33 bits per heavy atom. The van der Waals surface area contributed by atoms with Gasteiger partial charge in [-0.3, -0.25) is 0 Å². The lowest BCUT2D eigenvalue weighted by atomic mass is 10.2. The summed E-state index contributed by atoms with van der Waals surface area (Å²) in [6.45, 7) is 8.05. The van der Waals surface area contributed by atoms with Crippen LogP contribution in [-0.2, 0) is 4.74 Å². The van der Waals surface area contributed by atoms with Gasteiger partial charge in [0, 0.05) is 18.8 Å². The van der Waals surface area contributed by atoms with E-state index >= 15 is 0 Å². The van der Waals surface area contributed by atoms with Gasteiger partial charge >= 0.3 is 0 Å². The number of hydrogen-bond acceptors (Lipinski definition) is 3. The van der Waals surface area contributed by atoms with E-state index in [-0.39, 0.29) is 18.2 Å². The van der Waals surface area contributed by atoms with Crippen LogP contribution in [0.5, 0.6) is 5.75 Å². The van der Waals surface area contributed by atoms with E-state index in [1.54, 1.807) is 7.11 Å². The Balaban J connectivity index is 2.72. The number of anilines is 1. The minimum absolute atomic E-state index is 0.119. The van der Waals surface area contributed by atoms with Gasteiger partial charge in [-0.25, -0.2) is 0 Å². The number of nitrogens with one attached hydrogen (secondary N) is 1. The average Bonchev–Trinajstić information content (AvgIpc) is 2.31. The molecule has 2 unspecified atom stereocenters. The van der Waals surface area contributed by atoms with Crippen LogP contribution >= 0.6 is 11.6 Å². The first-order chi connectivity index (χ1) is 8.43. The molecule has 1 N–H and O–H groups in total. The van der Waals surface area contributed by atoms with Crippen LogP contribution in [-0.4, -0.2) is 25.4 Å². The van der Waals surface area contributed by atoms with E-state index in [0.29, 0.717) is 10.8 Å². The Morgan fingerprint density at radius 2 is 1.83 bits per heavy atom. The average molecular weight is 272 g/mol. The highest BCUT2D eigenvalue weighted by atomic mass is 35.5. The molecule has 1 aromatic rings. The number of halogens is 1. The summed E-state index contributed by atoms with van der Waals surface area (Å²) in [6.07, 6.45) is 0.254. The molecule has 0 bridgehead atoms. The van der Waals surface area contributed by atoms with Crippen LogP contribution in [0.25, 0.3) is 0 Å². The van der Waals surface area contributed by atoms with Gasteiger partial charge in [0.2, 0.25) is 0 Å². The van der Waals surface area contributed by atoms with Crippen molar-refractivity contribution >= 4 is 17.3 Å². The van der Waals surface area contributed by atoms with E-state index in [1.165, 1.54) is 0 Å². The van der Waals surface area contributed by atoms with Gasteiger partial charge in [-0.1, -0.05) is 11.6 Å². The van der Waals surface area contributed by atoms with Gasteiger partial charge in [0.05, 0.1) is 17.2 Å². The topological polar surface area (TPSA) is 30.5 Å². The maximum absolute atomic E-state index is 6.17. The predicted octanol–water partition coefficient (Wildman–Crippen LogP) is 3.96. The van der Waals surface area contributed by atoms with E-state index < -0.39 is 0 Å². The molecule has 2 atom stereocenters. The molecule has 0 heterocycles. The molecule has 0 aromatic heterocycles. The van der Waals surface area contributed by atoms with Gasteiger partial charge in [0.1, 0.15) is 5.75 Å². The summed E-state index contributed by atoms with van der Waals surface area (Å²) in [5.74, 6) is 0.713. The van der Waals surface area contributed by atoms with Crippen LogP contribution in [0.3, 0.4) is 0 Å². The molecular weight excluding hydrogens is 250 g/mol. The molecule has 0 aliphatic rings. The first-order valence-electron chi connectivity index (χ1n) is 6.19. The fourth-order valence-corrected chi connectivity index (χ4v) is 1.75. The number of benzene rings is 1. The summed E-state index contributed by atoms with van der Waals surface area (Å²) in [6, 6.07) is 5.93. The van der Waals surface area contributed by atoms with Gasteiger partial charge in [-0.05, 0) is 45.9 Å². The normalized spacial score (nSPS) is 14.4. The van der Waals surface area contributed by atoms with E-state index in [4.69, 9.17) is 21.1 Å². The molecule has 3 nitrogen and oxygen atoms in total. The first kappa shape index (κ1) is 15.1. The molecule has 1 rings (SSSR count). The van der Waals surface area contributed by atoms with Crippen LogP contribution in [0.2, 0.25) is 5.02 Å². The van der Waals surface area contributed by atoms with Crippen molar-refractivity contribution in [3.05, 3.63) is 23.2 Å². The van der Waals surface area contributed by atoms with Crippen molar-refractivity contribution < 1.29 is 9.47 Å². The van der Waals surface area contributed by atoms with Crippen molar-refractivity contribution in [2.24, 2.45) is 0 Å². The number of ether oxygens (including phenoxy) is 2. The maximum atomic E-state index is 6.17. The molecule has 0 aliphatic carbocycles. The molecule has 0 fully saturated rings. The van der Waals surface area contributed by atoms with E-state index in [9.17, 15) is 0 Å². The third-order valence-corrected chi connectivity index (χ3v) is 3.06. The second-order valence-corrected chi connectivity index (χ2v) is 5.09. The van der Waals surface area contributed by atoms with E-state index in [0.717, 1.165) is 5.69 Å². The molecule has 102 valence electrons. The van der Waals surface area contributed by atoms with Crippen molar-refractivity contribution in [2.75, 3.05) is 12.4 Å². The molecule has 0 spiro atoms. The zero-order valence-electron chi connectivity index (χ0n) is 11.7. The molecule has 0 saturated heterocycles. The van der Waals surface area contributed by atoms with Crippen molar-refractivity contribution in [3.63, 3.8) is 0 Å². The molecule has 0 aliphatic heterocycles. The summed E-state index contributed by atoms with van der Waals surface area (Å²) in [7, 11) is 1.70. The van der Waals surface area contributed by atoms with Gasteiger partial charge in [0.15, 0.2) is 0 Å². The SMILES string of the molecule is COC(C)C(C)Nc1ccc(OC(C)C)c(Cl)c1. The maximum Gasteiger partial charge on any atom is 0.138 e. The van der Waals surface area contributed by atoms with Crippen LogP contribution in [0.1, 0.15) is 27.7 Å². The Bertz CT molecular complexity index is 382. The number of hydrogen-bond donors (Lipinski definition) is 1. The van der Waals surface area contributed by atoms with Crippen molar-refractivity contribution in [2.45, 2.75) is 45.9 Å². The summed E-state index contributed by atoms with van der Waals surface area (Å²) < 4.78 is 10.9. The standard InChI is InChI=1S/C14H22ClNO2/c1-9(2)18-14-7-6-12(8-13(14)15)16-10(3)11(4)17-5/h6-11,16H,1-5H3. The Hall–Kier alpha value is -0.930. The second-order valence-electron chi connectivity index (χ2n) is 4.69. The monoisotopic (exact) mass is 271 g/mol. The lowest BCUT2D eigenvalue weighted by Gasteiger charge is -2.21. The highest BCUT2D eigenvalue weighted by Gasteiger charge is 2.12. The molecule has 0 amide bonds. The lowest BCUT2D eigenvalue weighted by molar-refractivity contribution is 0.106. The third-order valence-electron chi connectivity index (χ3n) is 2.76. The zero-order chi connectivity index (χ0) is 13.7. The quantitative estimate of drug-likeness (QED) is 0.849. The Kier molecular flexibility index (Phi) is 5.76. The number of rotatable bonds is 6. The Labute approximate surface area is 114 Å². The minimum Gasteiger partial charge on any atom is -0.489 e. The van der Waals surface area contributed by atoms with Crippen LogP contribution in [0.4, 0.5) is 5.69 Å². The molecule has 0 saturated carbocycles. The van der Waals surface area contributed by atoms with Gasteiger partial charge in [-0.2, -0.15) is 0 Å². The van der Waals surface area contributed by atoms with Crippen LogP contribution in [0, 0.1) is 0 Å². The van der Waals surface area contributed by atoms with Crippen LogP contribution < -0.4 is 10.1 Å². The van der Waals surface area contributed by atoms with Gasteiger partial charge < -0.3 is 14.8 Å². The predicted molar refractivity (Wildman–Crippen MR) is 76.8 cm³/mol. The molecule has 18 heavy (non-hydrogen) atoms. The fraction of sp³-hybridized carbons (Fsp3) is 0.571. The van der Waals surface area contributed by atoms with Gasteiger partial charge in [-0.15, -0.1) is 0 Å². The summed E-state index contributed by atoms with van der Waals surface area (Å²) in [5, 5.41) is 3.97. The van der Waals surface area contributed by atoms with Crippen molar-refractivity contribution in [1.82, 2.24) is 0 Å². The second kappa shape index (κ2) is 6.86. The minimum atomic E-state index is 0.119. The first-order valence-corrected chi connectivity index (χ1v) is 6.57. The number of methoxy groups -OCH3 is 1. The molecule has 0 radical (unpaired) electrons. The Morgan fingerprint density at radius 1 is 1.17 bits per heavy atom. The molecular formula is C14H22ClNO2. The summed E-state index contributed by atoms with van der Waals surface area (Å²) in [4.78, 5) is 0. The zero-order valence-corrected chi connectivity index (χ0v) is 12.4. The molecule has 4 heteroatoms. The van der Waals surface area contributed by atoms with Gasteiger partial charge in [0.25, 0.3) is 0 Å². The van der Waals surface area contributed by atoms with E-state index in [1.807, 2.05) is 39.0 Å². The van der Waals surface area contributed by atoms with Crippen LogP contribution in [0.15, 0.2) is 18.2 Å². The van der Waals surface area contributed by atoms with Crippen molar-refractivity contribution in [3.8, 4) is 5.75 Å². The third kappa shape index (κ3) is 4.39.